The molecular weight excluding hydrogens is 436 g/mol. The van der Waals surface area contributed by atoms with Gasteiger partial charge in [-0.1, -0.05) is 23.9 Å². The molecule has 4 rings (SSSR count). The minimum Gasteiger partial charge on any atom is -0.494 e. The lowest BCUT2D eigenvalue weighted by molar-refractivity contribution is -0.115. The minimum atomic E-state index is -0.509. The highest BCUT2D eigenvalue weighted by atomic mass is 32.2. The van der Waals surface area contributed by atoms with Crippen molar-refractivity contribution in [1.29, 1.82) is 0 Å². The number of fused-ring (bicyclic) bond motifs is 1. The van der Waals surface area contributed by atoms with Gasteiger partial charge in [-0.2, -0.15) is 0 Å². The first-order valence-electron chi connectivity index (χ1n) is 10.5. The van der Waals surface area contributed by atoms with Gasteiger partial charge in [0.2, 0.25) is 11.8 Å². The SMILES string of the molecule is CCOc1ccc(-n2c(SC(C)C(=O)Nc3ccc(C(N)=O)cc3)nc3ccccc32)cc1. The fraction of sp³-hybridized carbons (Fsp3) is 0.160. The fourth-order valence-electron chi connectivity index (χ4n) is 3.36. The summed E-state index contributed by atoms with van der Waals surface area (Å²) in [6.45, 7) is 4.39. The first-order valence-corrected chi connectivity index (χ1v) is 11.4. The molecule has 0 aliphatic rings. The number of hydrogen-bond donors (Lipinski definition) is 2. The summed E-state index contributed by atoms with van der Waals surface area (Å²) in [5.41, 5.74) is 9.00. The van der Waals surface area contributed by atoms with Gasteiger partial charge in [-0.15, -0.1) is 0 Å². The maximum Gasteiger partial charge on any atom is 0.248 e. The Labute approximate surface area is 196 Å². The van der Waals surface area contributed by atoms with Gasteiger partial charge in [-0.05, 0) is 74.5 Å². The van der Waals surface area contributed by atoms with Gasteiger partial charge in [0.05, 0.1) is 22.9 Å². The predicted octanol–water partition coefficient (Wildman–Crippen LogP) is 4.64. The van der Waals surface area contributed by atoms with Crippen LogP contribution in [0.2, 0.25) is 0 Å². The standard InChI is InChI=1S/C25H24N4O3S/c1-3-32-20-14-12-19(13-15-20)29-22-7-5-4-6-21(22)28-25(29)33-16(2)24(31)27-18-10-8-17(9-11-18)23(26)30/h4-16H,3H2,1-2H3,(H2,26,30)(H,27,31). The lowest BCUT2D eigenvalue weighted by Gasteiger charge is -2.14. The zero-order valence-electron chi connectivity index (χ0n) is 18.3. The highest BCUT2D eigenvalue weighted by molar-refractivity contribution is 8.00. The molecule has 1 aromatic heterocycles. The number of ether oxygens (including phenoxy) is 1. The van der Waals surface area contributed by atoms with E-state index in [1.807, 2.05) is 66.9 Å². The van der Waals surface area contributed by atoms with Gasteiger partial charge in [0.25, 0.3) is 0 Å². The highest BCUT2D eigenvalue weighted by Crippen LogP contribution is 2.31. The lowest BCUT2D eigenvalue weighted by Crippen LogP contribution is -2.23. The molecule has 33 heavy (non-hydrogen) atoms. The summed E-state index contributed by atoms with van der Waals surface area (Å²) in [4.78, 5) is 28.8. The third kappa shape index (κ3) is 5.01. The van der Waals surface area contributed by atoms with E-state index in [9.17, 15) is 9.59 Å². The number of primary amides is 1. The van der Waals surface area contributed by atoms with Crippen molar-refractivity contribution in [3.05, 3.63) is 78.4 Å². The summed E-state index contributed by atoms with van der Waals surface area (Å²) in [6, 6.07) is 22.2. The average Bonchev–Trinajstić information content (AvgIpc) is 3.18. The van der Waals surface area contributed by atoms with Crippen LogP contribution in [-0.4, -0.2) is 33.2 Å². The van der Waals surface area contributed by atoms with Gasteiger partial charge in [0.1, 0.15) is 5.75 Å². The molecule has 0 saturated heterocycles. The number of carbonyl (C=O) groups excluding carboxylic acids is 2. The Morgan fingerprint density at radius 2 is 1.76 bits per heavy atom. The van der Waals surface area contributed by atoms with Crippen LogP contribution in [0.4, 0.5) is 5.69 Å². The van der Waals surface area contributed by atoms with Crippen LogP contribution in [0.25, 0.3) is 16.7 Å². The zero-order chi connectivity index (χ0) is 23.4. The van der Waals surface area contributed by atoms with E-state index in [0.29, 0.717) is 23.0 Å². The summed E-state index contributed by atoms with van der Waals surface area (Å²) in [5, 5.41) is 3.17. The molecule has 0 aliphatic heterocycles. The number of aromatic nitrogens is 2. The van der Waals surface area contributed by atoms with Gasteiger partial charge in [-0.25, -0.2) is 4.98 Å². The number of hydrogen-bond acceptors (Lipinski definition) is 5. The number of benzene rings is 3. The van der Waals surface area contributed by atoms with E-state index >= 15 is 0 Å². The molecule has 2 amide bonds. The molecule has 0 saturated carbocycles. The second-order valence-corrected chi connectivity index (χ2v) is 8.64. The first kappa shape index (κ1) is 22.4. The summed E-state index contributed by atoms with van der Waals surface area (Å²) in [5.74, 6) is 0.122. The Hall–Kier alpha value is -3.78. The van der Waals surface area contributed by atoms with E-state index in [2.05, 4.69) is 5.32 Å². The van der Waals surface area contributed by atoms with Crippen LogP contribution in [0.15, 0.2) is 78.0 Å². The van der Waals surface area contributed by atoms with E-state index in [-0.39, 0.29) is 5.91 Å². The van der Waals surface area contributed by atoms with Crippen molar-refractivity contribution in [3.8, 4) is 11.4 Å². The van der Waals surface area contributed by atoms with Crippen LogP contribution in [0.3, 0.4) is 0 Å². The van der Waals surface area contributed by atoms with E-state index in [1.54, 1.807) is 24.3 Å². The first-order chi connectivity index (χ1) is 16.0. The van der Waals surface area contributed by atoms with Crippen molar-refractivity contribution < 1.29 is 14.3 Å². The van der Waals surface area contributed by atoms with Crippen molar-refractivity contribution in [2.45, 2.75) is 24.3 Å². The van der Waals surface area contributed by atoms with Crippen molar-refractivity contribution in [3.63, 3.8) is 0 Å². The van der Waals surface area contributed by atoms with Crippen molar-refractivity contribution in [2.75, 3.05) is 11.9 Å². The molecule has 0 spiro atoms. The minimum absolute atomic E-state index is 0.169. The third-order valence-electron chi connectivity index (χ3n) is 5.02. The molecule has 0 fully saturated rings. The van der Waals surface area contributed by atoms with E-state index < -0.39 is 11.2 Å². The van der Waals surface area contributed by atoms with E-state index in [0.717, 1.165) is 22.5 Å². The molecule has 4 aromatic rings. The van der Waals surface area contributed by atoms with Gasteiger partial charge < -0.3 is 15.8 Å². The normalized spacial score (nSPS) is 11.8. The highest BCUT2D eigenvalue weighted by Gasteiger charge is 2.20. The second kappa shape index (κ2) is 9.79. The quantitative estimate of drug-likeness (QED) is 0.373. The fourth-order valence-corrected chi connectivity index (χ4v) is 4.31. The molecular formula is C25H24N4O3S. The number of amides is 2. The van der Waals surface area contributed by atoms with Crippen LogP contribution in [-0.2, 0) is 4.79 Å². The van der Waals surface area contributed by atoms with E-state index in [1.165, 1.54) is 11.8 Å². The Morgan fingerprint density at radius 3 is 2.42 bits per heavy atom. The maximum atomic E-state index is 12.8. The predicted molar refractivity (Wildman–Crippen MR) is 131 cm³/mol. The van der Waals surface area contributed by atoms with Crippen LogP contribution < -0.4 is 15.8 Å². The lowest BCUT2D eigenvalue weighted by atomic mass is 10.2. The Morgan fingerprint density at radius 1 is 1.06 bits per heavy atom. The molecule has 1 atom stereocenters. The molecule has 0 radical (unpaired) electrons. The van der Waals surface area contributed by atoms with Crippen LogP contribution in [0.5, 0.6) is 5.75 Å². The molecule has 7 nitrogen and oxygen atoms in total. The summed E-state index contributed by atoms with van der Waals surface area (Å²) >= 11 is 1.38. The van der Waals surface area contributed by atoms with Gasteiger partial charge >= 0.3 is 0 Å². The average molecular weight is 461 g/mol. The smallest absolute Gasteiger partial charge is 0.248 e. The number of thioether (sulfide) groups is 1. The maximum absolute atomic E-state index is 12.8. The van der Waals surface area contributed by atoms with Crippen molar-refractivity contribution in [1.82, 2.24) is 9.55 Å². The number of anilines is 1. The molecule has 3 aromatic carbocycles. The molecule has 168 valence electrons. The third-order valence-corrected chi connectivity index (χ3v) is 6.08. The summed E-state index contributed by atoms with van der Waals surface area (Å²) in [6.07, 6.45) is 0. The topological polar surface area (TPSA) is 99.2 Å². The van der Waals surface area contributed by atoms with Crippen molar-refractivity contribution in [2.24, 2.45) is 5.73 Å². The number of rotatable bonds is 8. The molecule has 8 heteroatoms. The number of carbonyl (C=O) groups is 2. The molecule has 0 aliphatic carbocycles. The number of nitrogens with one attached hydrogen (secondary N) is 1. The Kier molecular flexibility index (Phi) is 6.65. The van der Waals surface area contributed by atoms with Gasteiger partial charge in [0, 0.05) is 16.9 Å². The van der Waals surface area contributed by atoms with Crippen LogP contribution in [0, 0.1) is 0 Å². The molecule has 0 bridgehead atoms. The monoisotopic (exact) mass is 460 g/mol. The number of nitrogens with zero attached hydrogens (tertiary/aromatic N) is 2. The van der Waals surface area contributed by atoms with Crippen LogP contribution >= 0.6 is 11.8 Å². The molecule has 3 N–H and O–H groups in total. The van der Waals surface area contributed by atoms with Gasteiger partial charge in [-0.3, -0.25) is 14.2 Å². The zero-order valence-corrected chi connectivity index (χ0v) is 19.1. The summed E-state index contributed by atoms with van der Waals surface area (Å²) in [7, 11) is 0. The number of imidazole rings is 1. The van der Waals surface area contributed by atoms with Gasteiger partial charge in [0.15, 0.2) is 5.16 Å². The molecule has 1 unspecified atom stereocenters. The molecule has 1 heterocycles. The number of nitrogens with two attached hydrogens (primary N) is 1. The van der Waals surface area contributed by atoms with Crippen molar-refractivity contribution >= 4 is 40.3 Å². The largest absolute Gasteiger partial charge is 0.494 e. The Balaban J connectivity index is 1.58. The second-order valence-electron chi connectivity index (χ2n) is 7.34. The Bertz CT molecular complexity index is 1280. The van der Waals surface area contributed by atoms with E-state index in [4.69, 9.17) is 15.5 Å². The van der Waals surface area contributed by atoms with Crippen LogP contribution in [0.1, 0.15) is 24.2 Å². The number of para-hydroxylation sites is 2. The summed E-state index contributed by atoms with van der Waals surface area (Å²) < 4.78 is 7.60.